The summed E-state index contributed by atoms with van der Waals surface area (Å²) >= 11 is 11.8. The molecule has 0 spiro atoms. The molecule has 0 aromatic carbocycles. The van der Waals surface area contributed by atoms with E-state index in [1.807, 2.05) is 0 Å². The maximum atomic E-state index is 5.92. The maximum Gasteiger partial charge on any atom is 0.234 e. The summed E-state index contributed by atoms with van der Waals surface area (Å²) in [5, 5.41) is 0.779. The number of ether oxygens (including phenoxy) is 1. The fourth-order valence-electron chi connectivity index (χ4n) is 1.13. The highest BCUT2D eigenvalue weighted by Crippen LogP contribution is 2.33. The van der Waals surface area contributed by atoms with E-state index in [-0.39, 0.29) is 0 Å². The third-order valence-corrected chi connectivity index (χ3v) is 2.75. The highest BCUT2D eigenvalue weighted by atomic mass is 35.5. The molecule has 1 saturated carbocycles. The van der Waals surface area contributed by atoms with Crippen LogP contribution < -0.4 is 16.0 Å². The number of hydrazine groups is 1. The van der Waals surface area contributed by atoms with Gasteiger partial charge >= 0.3 is 0 Å². The van der Waals surface area contributed by atoms with Crippen molar-refractivity contribution >= 4 is 29.0 Å². The van der Waals surface area contributed by atoms with E-state index in [0.717, 1.165) is 0 Å². The minimum atomic E-state index is 0.367. The molecule has 0 saturated heterocycles. The van der Waals surface area contributed by atoms with Crippen molar-refractivity contribution in [3.05, 3.63) is 16.1 Å². The predicted octanol–water partition coefficient (Wildman–Crippen LogP) is 2.46. The van der Waals surface area contributed by atoms with Gasteiger partial charge in [0.15, 0.2) is 5.82 Å². The van der Waals surface area contributed by atoms with E-state index in [4.69, 9.17) is 33.8 Å². The molecule has 2 rings (SSSR count). The molecule has 1 aromatic rings. The first-order chi connectivity index (χ1) is 7.20. The zero-order chi connectivity index (χ0) is 10.8. The Morgan fingerprint density at radius 1 is 1.47 bits per heavy atom. The Kier molecular flexibility index (Phi) is 3.19. The van der Waals surface area contributed by atoms with Gasteiger partial charge in [-0.05, 0) is 24.8 Å². The van der Waals surface area contributed by atoms with Crippen molar-refractivity contribution in [3.63, 3.8) is 0 Å². The molecule has 0 atom stereocenters. The van der Waals surface area contributed by atoms with Gasteiger partial charge in [-0.3, -0.25) is 0 Å². The van der Waals surface area contributed by atoms with E-state index >= 15 is 0 Å². The van der Waals surface area contributed by atoms with Gasteiger partial charge in [0.1, 0.15) is 5.02 Å². The van der Waals surface area contributed by atoms with E-state index < -0.39 is 0 Å². The van der Waals surface area contributed by atoms with E-state index in [0.29, 0.717) is 34.3 Å². The standard InChI is InChI=1S/C9H11Cl2N3O/c10-6-3-7(11)9(13-8(6)14-12)15-4-5-1-2-5/h3,5H,1-2,4,12H2,(H,13,14). The summed E-state index contributed by atoms with van der Waals surface area (Å²) < 4.78 is 5.46. The lowest BCUT2D eigenvalue weighted by molar-refractivity contribution is 0.289. The molecule has 0 radical (unpaired) electrons. The van der Waals surface area contributed by atoms with Crippen LogP contribution in [0.2, 0.25) is 10.0 Å². The summed E-state index contributed by atoms with van der Waals surface area (Å²) in [6.07, 6.45) is 2.43. The number of hydrogen-bond donors (Lipinski definition) is 2. The molecule has 1 aliphatic rings. The summed E-state index contributed by atoms with van der Waals surface area (Å²) in [6.45, 7) is 0.651. The third kappa shape index (κ3) is 2.65. The molecule has 82 valence electrons. The number of pyridine rings is 1. The Hall–Kier alpha value is -0.710. The lowest BCUT2D eigenvalue weighted by atomic mass is 10.4. The van der Waals surface area contributed by atoms with Gasteiger partial charge in [-0.1, -0.05) is 23.2 Å². The van der Waals surface area contributed by atoms with Gasteiger partial charge in [0.2, 0.25) is 5.88 Å². The highest BCUT2D eigenvalue weighted by Gasteiger charge is 2.23. The van der Waals surface area contributed by atoms with Gasteiger partial charge in [-0.15, -0.1) is 0 Å². The number of nitrogens with zero attached hydrogens (tertiary/aromatic N) is 1. The molecule has 1 aromatic heterocycles. The van der Waals surface area contributed by atoms with Crippen LogP contribution in [0.5, 0.6) is 5.88 Å². The molecule has 6 heteroatoms. The van der Waals surface area contributed by atoms with Gasteiger partial charge in [-0.2, -0.15) is 4.98 Å². The van der Waals surface area contributed by atoms with Gasteiger partial charge in [0.25, 0.3) is 0 Å². The van der Waals surface area contributed by atoms with Crippen LogP contribution in [0.1, 0.15) is 12.8 Å². The number of rotatable bonds is 4. The summed E-state index contributed by atoms with van der Waals surface area (Å²) in [5.41, 5.74) is 2.38. The Balaban J connectivity index is 2.13. The number of nitrogens with two attached hydrogens (primary N) is 1. The first-order valence-electron chi connectivity index (χ1n) is 4.66. The minimum Gasteiger partial charge on any atom is -0.476 e. The van der Waals surface area contributed by atoms with E-state index in [1.165, 1.54) is 12.8 Å². The van der Waals surface area contributed by atoms with Crippen LogP contribution in [0.15, 0.2) is 6.07 Å². The maximum absolute atomic E-state index is 5.92. The summed E-state index contributed by atoms with van der Waals surface area (Å²) in [5.74, 6) is 6.63. The van der Waals surface area contributed by atoms with Gasteiger partial charge in [-0.25, -0.2) is 5.84 Å². The first-order valence-corrected chi connectivity index (χ1v) is 5.41. The smallest absolute Gasteiger partial charge is 0.234 e. The zero-order valence-electron chi connectivity index (χ0n) is 7.96. The lowest BCUT2D eigenvalue weighted by Gasteiger charge is -2.09. The van der Waals surface area contributed by atoms with Crippen molar-refractivity contribution in [2.24, 2.45) is 11.8 Å². The Bertz CT molecular complexity index is 369. The molecule has 1 aliphatic carbocycles. The average molecular weight is 248 g/mol. The second kappa shape index (κ2) is 4.43. The van der Waals surface area contributed by atoms with Crippen LogP contribution >= 0.6 is 23.2 Å². The van der Waals surface area contributed by atoms with Gasteiger partial charge in [0, 0.05) is 0 Å². The fourth-order valence-corrected chi connectivity index (χ4v) is 1.60. The van der Waals surface area contributed by atoms with Crippen molar-refractivity contribution in [1.82, 2.24) is 4.98 Å². The van der Waals surface area contributed by atoms with Crippen LogP contribution in [0, 0.1) is 5.92 Å². The molecule has 3 N–H and O–H groups in total. The Morgan fingerprint density at radius 3 is 2.80 bits per heavy atom. The van der Waals surface area contributed by atoms with E-state index in [2.05, 4.69) is 10.4 Å². The number of halogens is 2. The number of nitrogen functional groups attached to an aromatic ring is 1. The molecular weight excluding hydrogens is 237 g/mol. The van der Waals surface area contributed by atoms with Crippen molar-refractivity contribution in [1.29, 1.82) is 0 Å². The molecule has 15 heavy (non-hydrogen) atoms. The molecule has 0 aliphatic heterocycles. The van der Waals surface area contributed by atoms with Crippen LogP contribution in [-0.4, -0.2) is 11.6 Å². The lowest BCUT2D eigenvalue weighted by Crippen LogP contribution is -2.10. The van der Waals surface area contributed by atoms with Gasteiger partial charge < -0.3 is 10.2 Å². The van der Waals surface area contributed by atoms with Crippen molar-refractivity contribution in [2.75, 3.05) is 12.0 Å². The number of aromatic nitrogens is 1. The molecule has 1 fully saturated rings. The van der Waals surface area contributed by atoms with E-state index in [9.17, 15) is 0 Å². The largest absolute Gasteiger partial charge is 0.476 e. The summed E-state index contributed by atoms with van der Waals surface area (Å²) in [4.78, 5) is 4.07. The zero-order valence-corrected chi connectivity index (χ0v) is 9.48. The second-order valence-electron chi connectivity index (χ2n) is 3.50. The highest BCUT2D eigenvalue weighted by molar-refractivity contribution is 6.36. The predicted molar refractivity (Wildman–Crippen MR) is 60.3 cm³/mol. The number of hydrogen-bond acceptors (Lipinski definition) is 4. The summed E-state index contributed by atoms with van der Waals surface area (Å²) in [6, 6.07) is 1.56. The second-order valence-corrected chi connectivity index (χ2v) is 4.32. The van der Waals surface area contributed by atoms with E-state index in [1.54, 1.807) is 6.07 Å². The molecule has 0 bridgehead atoms. The minimum absolute atomic E-state index is 0.367. The number of anilines is 1. The third-order valence-electron chi connectivity index (χ3n) is 2.19. The molecule has 0 unspecified atom stereocenters. The quantitative estimate of drug-likeness (QED) is 0.634. The SMILES string of the molecule is NNc1nc(OCC2CC2)c(Cl)cc1Cl. The van der Waals surface area contributed by atoms with Crippen LogP contribution in [-0.2, 0) is 0 Å². The molecular formula is C9H11Cl2N3O. The van der Waals surface area contributed by atoms with Crippen molar-refractivity contribution in [3.8, 4) is 5.88 Å². The monoisotopic (exact) mass is 247 g/mol. The Morgan fingerprint density at radius 2 is 2.20 bits per heavy atom. The first kappa shape index (κ1) is 10.8. The fraction of sp³-hybridized carbons (Fsp3) is 0.444. The normalized spacial score (nSPS) is 15.1. The molecule has 4 nitrogen and oxygen atoms in total. The van der Waals surface area contributed by atoms with Gasteiger partial charge in [0.05, 0.1) is 11.6 Å². The van der Waals surface area contributed by atoms with Crippen LogP contribution in [0.4, 0.5) is 5.82 Å². The topological polar surface area (TPSA) is 60.2 Å². The Labute approximate surface area is 97.7 Å². The van der Waals surface area contributed by atoms with Crippen LogP contribution in [0.25, 0.3) is 0 Å². The molecule has 0 amide bonds. The average Bonchev–Trinajstić information content (AvgIpc) is 3.00. The summed E-state index contributed by atoms with van der Waals surface area (Å²) in [7, 11) is 0. The molecule has 1 heterocycles. The van der Waals surface area contributed by atoms with Crippen LogP contribution in [0.3, 0.4) is 0 Å². The van der Waals surface area contributed by atoms with Crippen molar-refractivity contribution in [2.45, 2.75) is 12.8 Å². The number of nitrogens with one attached hydrogen (secondary N) is 1. The van der Waals surface area contributed by atoms with Crippen molar-refractivity contribution < 1.29 is 4.74 Å².